The molecule has 0 radical (unpaired) electrons. The molecule has 0 saturated carbocycles. The van der Waals surface area contributed by atoms with Crippen LogP contribution in [-0.2, 0) is 16.0 Å². The van der Waals surface area contributed by atoms with Gasteiger partial charge in [0.1, 0.15) is 0 Å². The molecule has 0 aliphatic rings. The molecule has 0 bridgehead atoms. The third kappa shape index (κ3) is 6.34. The SMILES string of the molecule is CC(C)(CNC(=O)c1ccc(OCC(F)(F)F)nc1)S(=O)(=O)c1cccc(C(F)(F)F)c1. The van der Waals surface area contributed by atoms with Crippen molar-refractivity contribution < 1.29 is 44.3 Å². The van der Waals surface area contributed by atoms with E-state index in [-0.39, 0.29) is 11.4 Å². The summed E-state index contributed by atoms with van der Waals surface area (Å²) < 4.78 is 104. The zero-order valence-electron chi connectivity index (χ0n) is 16.7. The summed E-state index contributed by atoms with van der Waals surface area (Å²) in [5, 5.41) is 2.33. The van der Waals surface area contributed by atoms with Crippen molar-refractivity contribution in [2.45, 2.75) is 35.8 Å². The Morgan fingerprint density at radius 3 is 2.25 bits per heavy atom. The average molecular weight is 484 g/mol. The fourth-order valence-electron chi connectivity index (χ4n) is 2.40. The van der Waals surface area contributed by atoms with Crippen molar-refractivity contribution in [3.05, 3.63) is 53.7 Å². The summed E-state index contributed by atoms with van der Waals surface area (Å²) in [4.78, 5) is 15.3. The Bertz CT molecular complexity index is 1060. The molecule has 0 aliphatic heterocycles. The lowest BCUT2D eigenvalue weighted by Gasteiger charge is -2.25. The normalized spacial score (nSPS) is 13.0. The summed E-state index contributed by atoms with van der Waals surface area (Å²) in [6.45, 7) is 0.439. The Balaban J connectivity index is 2.09. The Morgan fingerprint density at radius 2 is 1.72 bits per heavy atom. The van der Waals surface area contributed by atoms with E-state index in [1.165, 1.54) is 13.8 Å². The van der Waals surface area contributed by atoms with E-state index in [2.05, 4.69) is 15.0 Å². The first-order valence-corrected chi connectivity index (χ1v) is 10.4. The second-order valence-electron chi connectivity index (χ2n) is 7.26. The predicted molar refractivity (Wildman–Crippen MR) is 101 cm³/mol. The van der Waals surface area contributed by atoms with Crippen LogP contribution in [-0.4, -0.2) is 43.4 Å². The maximum Gasteiger partial charge on any atom is 0.422 e. The number of hydrogen-bond donors (Lipinski definition) is 1. The number of halogens is 6. The Morgan fingerprint density at radius 1 is 1.06 bits per heavy atom. The topological polar surface area (TPSA) is 85.4 Å². The highest BCUT2D eigenvalue weighted by Gasteiger charge is 2.38. The van der Waals surface area contributed by atoms with Crippen LogP contribution in [0.2, 0.25) is 0 Å². The van der Waals surface area contributed by atoms with Crippen LogP contribution in [0.1, 0.15) is 29.8 Å². The monoisotopic (exact) mass is 484 g/mol. The molecule has 1 N–H and O–H groups in total. The van der Waals surface area contributed by atoms with Crippen molar-refractivity contribution in [3.8, 4) is 5.88 Å². The smallest absolute Gasteiger partial charge is 0.422 e. The van der Waals surface area contributed by atoms with Crippen molar-refractivity contribution in [1.29, 1.82) is 0 Å². The van der Waals surface area contributed by atoms with Gasteiger partial charge in [0.15, 0.2) is 16.4 Å². The zero-order chi connectivity index (χ0) is 24.4. The standard InChI is InChI=1S/C19H18F6N2O4S/c1-17(2,32(29,30)14-5-3-4-13(8-14)19(23,24)25)10-27-16(28)12-6-7-15(26-9-12)31-11-18(20,21)22/h3-9H,10-11H2,1-2H3,(H,27,28). The first-order chi connectivity index (χ1) is 14.5. The summed E-state index contributed by atoms with van der Waals surface area (Å²) in [6, 6.07) is 5.41. The van der Waals surface area contributed by atoms with Gasteiger partial charge in [-0.3, -0.25) is 4.79 Å². The molecule has 0 fully saturated rings. The van der Waals surface area contributed by atoms with Crippen molar-refractivity contribution in [2.75, 3.05) is 13.2 Å². The molecule has 2 aromatic rings. The lowest BCUT2D eigenvalue weighted by atomic mass is 10.2. The lowest BCUT2D eigenvalue weighted by molar-refractivity contribution is -0.154. The van der Waals surface area contributed by atoms with Gasteiger partial charge in [0, 0.05) is 18.8 Å². The highest BCUT2D eigenvalue weighted by atomic mass is 32.2. The number of nitrogens with one attached hydrogen (secondary N) is 1. The van der Waals surface area contributed by atoms with Gasteiger partial charge in [-0.1, -0.05) is 6.07 Å². The molecule has 13 heteroatoms. The van der Waals surface area contributed by atoms with Crippen molar-refractivity contribution in [1.82, 2.24) is 10.3 Å². The van der Waals surface area contributed by atoms with Crippen LogP contribution in [0.3, 0.4) is 0 Å². The molecule has 0 saturated heterocycles. The van der Waals surface area contributed by atoms with Crippen LogP contribution in [0.25, 0.3) is 0 Å². The number of pyridine rings is 1. The molecule has 1 aromatic heterocycles. The van der Waals surface area contributed by atoms with Gasteiger partial charge in [-0.2, -0.15) is 26.3 Å². The number of benzene rings is 1. The number of amides is 1. The number of rotatable bonds is 7. The molecule has 2 rings (SSSR count). The van der Waals surface area contributed by atoms with E-state index in [1.54, 1.807) is 0 Å². The third-order valence-corrected chi connectivity index (χ3v) is 6.73. The minimum absolute atomic E-state index is 0.0865. The molecular weight excluding hydrogens is 466 g/mol. The van der Waals surface area contributed by atoms with Gasteiger partial charge in [0.25, 0.3) is 5.91 Å². The molecule has 1 heterocycles. The lowest BCUT2D eigenvalue weighted by Crippen LogP contribution is -2.44. The average Bonchev–Trinajstić information content (AvgIpc) is 2.69. The number of ether oxygens (including phenoxy) is 1. The van der Waals surface area contributed by atoms with E-state index in [1.807, 2.05) is 0 Å². The van der Waals surface area contributed by atoms with Crippen molar-refractivity contribution in [3.63, 3.8) is 0 Å². The highest BCUT2D eigenvalue weighted by Crippen LogP contribution is 2.33. The van der Waals surface area contributed by atoms with Crippen LogP contribution in [0, 0.1) is 0 Å². The molecule has 1 aromatic carbocycles. The third-order valence-electron chi connectivity index (χ3n) is 4.26. The second kappa shape index (κ2) is 8.96. The molecule has 0 unspecified atom stereocenters. The van der Waals surface area contributed by atoms with E-state index in [0.29, 0.717) is 6.07 Å². The highest BCUT2D eigenvalue weighted by molar-refractivity contribution is 7.92. The molecule has 6 nitrogen and oxygen atoms in total. The summed E-state index contributed by atoms with van der Waals surface area (Å²) in [5.74, 6) is -1.15. The van der Waals surface area contributed by atoms with E-state index in [0.717, 1.165) is 36.5 Å². The molecule has 0 spiro atoms. The first-order valence-electron chi connectivity index (χ1n) is 8.89. The molecule has 176 valence electrons. The number of hydrogen-bond acceptors (Lipinski definition) is 5. The molecule has 1 amide bonds. The molecular formula is C19H18F6N2O4S. The van der Waals surface area contributed by atoms with Crippen LogP contribution < -0.4 is 10.1 Å². The van der Waals surface area contributed by atoms with E-state index in [4.69, 9.17) is 0 Å². The Labute approximate surface area is 179 Å². The minimum Gasteiger partial charge on any atom is -0.468 e. The van der Waals surface area contributed by atoms with Crippen LogP contribution >= 0.6 is 0 Å². The van der Waals surface area contributed by atoms with Gasteiger partial charge in [-0.25, -0.2) is 13.4 Å². The Kier molecular flexibility index (Phi) is 7.12. The number of sulfone groups is 1. The van der Waals surface area contributed by atoms with Gasteiger partial charge in [-0.15, -0.1) is 0 Å². The summed E-state index contributed by atoms with van der Waals surface area (Å²) in [5.41, 5.74) is -1.21. The van der Waals surface area contributed by atoms with Crippen LogP contribution in [0.15, 0.2) is 47.5 Å². The number of carbonyl (C=O) groups excluding carboxylic acids is 1. The molecule has 32 heavy (non-hydrogen) atoms. The number of carbonyl (C=O) groups is 1. The maximum absolute atomic E-state index is 12.9. The van der Waals surface area contributed by atoms with Gasteiger partial charge < -0.3 is 10.1 Å². The summed E-state index contributed by atoms with van der Waals surface area (Å²) in [6.07, 6.45) is -8.35. The van der Waals surface area contributed by atoms with Gasteiger partial charge >= 0.3 is 12.4 Å². The number of nitrogens with zero attached hydrogens (tertiary/aromatic N) is 1. The second-order valence-corrected chi connectivity index (χ2v) is 9.84. The predicted octanol–water partition coefficient (Wildman–Crippen LogP) is 4.02. The van der Waals surface area contributed by atoms with Crippen molar-refractivity contribution in [2.24, 2.45) is 0 Å². The maximum atomic E-state index is 12.9. The van der Waals surface area contributed by atoms with Crippen LogP contribution in [0.4, 0.5) is 26.3 Å². The van der Waals surface area contributed by atoms with E-state index >= 15 is 0 Å². The van der Waals surface area contributed by atoms with Gasteiger partial charge in [0.05, 0.1) is 20.8 Å². The fraction of sp³-hybridized carbons (Fsp3) is 0.368. The first kappa shape index (κ1) is 25.4. The number of alkyl halides is 6. The Hall–Kier alpha value is -2.83. The quantitative estimate of drug-likeness (QED) is 0.600. The van der Waals surface area contributed by atoms with Gasteiger partial charge in [0.2, 0.25) is 5.88 Å². The van der Waals surface area contributed by atoms with E-state index in [9.17, 15) is 39.6 Å². The summed E-state index contributed by atoms with van der Waals surface area (Å²) >= 11 is 0. The van der Waals surface area contributed by atoms with Crippen molar-refractivity contribution >= 4 is 15.7 Å². The largest absolute Gasteiger partial charge is 0.468 e. The summed E-state index contributed by atoms with van der Waals surface area (Å²) in [7, 11) is -4.28. The minimum atomic E-state index is -4.73. The van der Waals surface area contributed by atoms with E-state index < -0.39 is 56.5 Å². The zero-order valence-corrected chi connectivity index (χ0v) is 17.5. The number of aromatic nitrogens is 1. The molecule has 0 atom stereocenters. The molecule has 0 aliphatic carbocycles. The van der Waals surface area contributed by atoms with Crippen LogP contribution in [0.5, 0.6) is 5.88 Å². The van der Waals surface area contributed by atoms with Gasteiger partial charge in [-0.05, 0) is 38.1 Å². The fourth-order valence-corrected chi connectivity index (χ4v) is 3.84.